The van der Waals surface area contributed by atoms with Gasteiger partial charge in [0, 0.05) is 5.69 Å². The second kappa shape index (κ2) is 8.03. The van der Waals surface area contributed by atoms with E-state index in [1.807, 2.05) is 43.0 Å². The molecular weight excluding hydrogens is 246 g/mol. The van der Waals surface area contributed by atoms with Crippen LogP contribution in [0.3, 0.4) is 0 Å². The third kappa shape index (κ3) is 5.00. The molecule has 0 aliphatic heterocycles. The van der Waals surface area contributed by atoms with Gasteiger partial charge in [-0.2, -0.15) is 11.8 Å². The van der Waals surface area contributed by atoms with E-state index in [0.717, 1.165) is 23.6 Å². The van der Waals surface area contributed by atoms with Crippen LogP contribution in [0.25, 0.3) is 0 Å². The minimum absolute atomic E-state index is 0.201. The predicted molar refractivity (Wildman–Crippen MR) is 78.2 cm³/mol. The number of carbonyl (C=O) groups excluding carboxylic acids is 1. The first kappa shape index (κ1) is 14.9. The quantitative estimate of drug-likeness (QED) is 0.608. The predicted octanol–water partition coefficient (Wildman–Crippen LogP) is 3.09. The summed E-state index contributed by atoms with van der Waals surface area (Å²) in [6, 6.07) is 7.74. The molecular formula is C14H21NO2S. The number of nitrogens with one attached hydrogen (secondary N) is 1. The van der Waals surface area contributed by atoms with Gasteiger partial charge in [0.1, 0.15) is 6.04 Å². The Balaban J connectivity index is 2.62. The number of rotatable bonds is 7. The number of methoxy groups -OCH3 is 1. The van der Waals surface area contributed by atoms with Crippen molar-refractivity contribution < 1.29 is 9.53 Å². The molecule has 1 N–H and O–H groups in total. The molecule has 4 heteroatoms. The van der Waals surface area contributed by atoms with E-state index in [1.54, 1.807) is 0 Å². The maximum absolute atomic E-state index is 11.7. The molecule has 18 heavy (non-hydrogen) atoms. The summed E-state index contributed by atoms with van der Waals surface area (Å²) in [7, 11) is 1.43. The zero-order valence-corrected chi connectivity index (χ0v) is 12.0. The first-order valence-corrected chi connectivity index (χ1v) is 7.31. The van der Waals surface area contributed by atoms with E-state index >= 15 is 0 Å². The second-order valence-corrected chi connectivity index (χ2v) is 5.47. The van der Waals surface area contributed by atoms with E-state index in [2.05, 4.69) is 12.2 Å². The molecule has 0 amide bonds. The molecule has 0 aliphatic rings. The molecule has 0 bridgehead atoms. The van der Waals surface area contributed by atoms with Gasteiger partial charge in [-0.3, -0.25) is 0 Å². The maximum atomic E-state index is 11.7. The van der Waals surface area contributed by atoms with E-state index < -0.39 is 0 Å². The van der Waals surface area contributed by atoms with Gasteiger partial charge < -0.3 is 10.1 Å². The van der Waals surface area contributed by atoms with Gasteiger partial charge in [0.25, 0.3) is 0 Å². The highest BCUT2D eigenvalue weighted by Crippen LogP contribution is 2.14. The number of esters is 1. The monoisotopic (exact) mass is 267 g/mol. The zero-order valence-electron chi connectivity index (χ0n) is 11.2. The van der Waals surface area contributed by atoms with E-state index in [0.29, 0.717) is 0 Å². The molecule has 0 radical (unpaired) electrons. The van der Waals surface area contributed by atoms with Crippen molar-refractivity contribution in [3.63, 3.8) is 0 Å². The SMILES string of the molecule is CCSCCC(Nc1cccc(C)c1)C(=O)OC. The van der Waals surface area contributed by atoms with Crippen molar-refractivity contribution >= 4 is 23.4 Å². The first-order chi connectivity index (χ1) is 8.67. The highest BCUT2D eigenvalue weighted by molar-refractivity contribution is 7.99. The molecule has 1 atom stereocenters. The molecule has 100 valence electrons. The van der Waals surface area contributed by atoms with Crippen LogP contribution in [0.5, 0.6) is 0 Å². The Hall–Kier alpha value is -1.16. The number of anilines is 1. The van der Waals surface area contributed by atoms with Crippen LogP contribution in [0.15, 0.2) is 24.3 Å². The Bertz CT molecular complexity index is 382. The van der Waals surface area contributed by atoms with Crippen molar-refractivity contribution in [2.24, 2.45) is 0 Å². The van der Waals surface area contributed by atoms with E-state index in [4.69, 9.17) is 4.74 Å². The van der Waals surface area contributed by atoms with Crippen LogP contribution >= 0.6 is 11.8 Å². The van der Waals surface area contributed by atoms with Crippen LogP contribution in [0.1, 0.15) is 18.9 Å². The van der Waals surface area contributed by atoms with Gasteiger partial charge in [-0.15, -0.1) is 0 Å². The summed E-state index contributed by atoms with van der Waals surface area (Å²) < 4.78 is 4.83. The molecule has 3 nitrogen and oxygen atoms in total. The lowest BCUT2D eigenvalue weighted by Gasteiger charge is -2.17. The summed E-state index contributed by atoms with van der Waals surface area (Å²) in [6.07, 6.45) is 0.777. The molecule has 1 aromatic carbocycles. The van der Waals surface area contributed by atoms with Gasteiger partial charge in [0.05, 0.1) is 7.11 Å². The van der Waals surface area contributed by atoms with Crippen molar-refractivity contribution in [3.05, 3.63) is 29.8 Å². The number of benzene rings is 1. The van der Waals surface area contributed by atoms with Crippen molar-refractivity contribution in [1.29, 1.82) is 0 Å². The van der Waals surface area contributed by atoms with Gasteiger partial charge in [0.15, 0.2) is 0 Å². The fraction of sp³-hybridized carbons (Fsp3) is 0.500. The zero-order chi connectivity index (χ0) is 13.4. The van der Waals surface area contributed by atoms with Gasteiger partial charge in [-0.1, -0.05) is 19.1 Å². The molecule has 0 heterocycles. The number of thioether (sulfide) groups is 1. The first-order valence-electron chi connectivity index (χ1n) is 6.16. The highest BCUT2D eigenvalue weighted by atomic mass is 32.2. The third-order valence-corrected chi connectivity index (χ3v) is 3.53. The lowest BCUT2D eigenvalue weighted by molar-refractivity contribution is -0.141. The van der Waals surface area contributed by atoms with Crippen LogP contribution in [0.4, 0.5) is 5.69 Å². The minimum Gasteiger partial charge on any atom is -0.467 e. The molecule has 0 aliphatic carbocycles. The fourth-order valence-corrected chi connectivity index (χ4v) is 2.36. The average molecular weight is 267 g/mol. The van der Waals surface area contributed by atoms with Crippen molar-refractivity contribution in [2.75, 3.05) is 23.9 Å². The summed E-state index contributed by atoms with van der Waals surface area (Å²) >= 11 is 1.83. The number of carbonyl (C=O) groups is 1. The molecule has 1 rings (SSSR count). The largest absolute Gasteiger partial charge is 0.467 e. The summed E-state index contributed by atoms with van der Waals surface area (Å²) in [4.78, 5) is 11.7. The van der Waals surface area contributed by atoms with Gasteiger partial charge in [0.2, 0.25) is 0 Å². The van der Waals surface area contributed by atoms with E-state index in [-0.39, 0.29) is 12.0 Å². The number of ether oxygens (including phenoxy) is 1. The molecule has 0 spiro atoms. The molecule has 0 aromatic heterocycles. The smallest absolute Gasteiger partial charge is 0.328 e. The van der Waals surface area contributed by atoms with E-state index in [9.17, 15) is 4.79 Å². The van der Waals surface area contributed by atoms with Crippen molar-refractivity contribution in [1.82, 2.24) is 0 Å². The number of aryl methyl sites for hydroxylation is 1. The number of hydrogen-bond acceptors (Lipinski definition) is 4. The van der Waals surface area contributed by atoms with Crippen LogP contribution in [0, 0.1) is 6.92 Å². The Morgan fingerprint density at radius 3 is 2.89 bits per heavy atom. The molecule has 0 saturated carbocycles. The van der Waals surface area contributed by atoms with Crippen LogP contribution in [0.2, 0.25) is 0 Å². The summed E-state index contributed by atoms with van der Waals surface area (Å²) in [5, 5.41) is 3.24. The maximum Gasteiger partial charge on any atom is 0.328 e. The Labute approximate surface area is 113 Å². The standard InChI is InChI=1S/C14H21NO2S/c1-4-18-9-8-13(14(16)17-3)15-12-7-5-6-11(2)10-12/h5-7,10,13,15H,4,8-9H2,1-3H3. The van der Waals surface area contributed by atoms with Crippen molar-refractivity contribution in [2.45, 2.75) is 26.3 Å². The summed E-state index contributed by atoms with van der Waals surface area (Å²) in [5.41, 5.74) is 2.14. The third-order valence-electron chi connectivity index (χ3n) is 2.60. The van der Waals surface area contributed by atoms with Crippen LogP contribution in [-0.2, 0) is 9.53 Å². The summed E-state index contributed by atoms with van der Waals surface area (Å²) in [5.74, 6) is 1.82. The average Bonchev–Trinajstić information content (AvgIpc) is 2.37. The molecule has 0 saturated heterocycles. The van der Waals surface area contributed by atoms with Gasteiger partial charge in [-0.25, -0.2) is 4.79 Å². The Kier molecular flexibility index (Phi) is 6.65. The highest BCUT2D eigenvalue weighted by Gasteiger charge is 2.18. The minimum atomic E-state index is -0.268. The van der Waals surface area contributed by atoms with Gasteiger partial charge in [-0.05, 0) is 42.5 Å². The molecule has 1 unspecified atom stereocenters. The Morgan fingerprint density at radius 1 is 1.50 bits per heavy atom. The second-order valence-electron chi connectivity index (χ2n) is 4.08. The summed E-state index contributed by atoms with van der Waals surface area (Å²) in [6.45, 7) is 4.15. The van der Waals surface area contributed by atoms with E-state index in [1.165, 1.54) is 12.7 Å². The normalized spacial score (nSPS) is 11.9. The molecule has 0 fully saturated rings. The topological polar surface area (TPSA) is 38.3 Å². The van der Waals surface area contributed by atoms with Crippen LogP contribution in [-0.4, -0.2) is 30.6 Å². The lowest BCUT2D eigenvalue weighted by Crippen LogP contribution is -2.31. The van der Waals surface area contributed by atoms with Gasteiger partial charge >= 0.3 is 5.97 Å². The van der Waals surface area contributed by atoms with Crippen molar-refractivity contribution in [3.8, 4) is 0 Å². The Morgan fingerprint density at radius 2 is 2.28 bits per heavy atom. The van der Waals surface area contributed by atoms with Crippen LogP contribution < -0.4 is 5.32 Å². The fourth-order valence-electron chi connectivity index (χ4n) is 1.67. The lowest BCUT2D eigenvalue weighted by atomic mass is 10.2. The number of hydrogen-bond donors (Lipinski definition) is 1. The molecule has 1 aromatic rings.